The van der Waals surface area contributed by atoms with Gasteiger partial charge < -0.3 is 19.5 Å². The number of ether oxygens (including phenoxy) is 1. The van der Waals surface area contributed by atoms with Gasteiger partial charge in [-0.25, -0.2) is 5.43 Å². The zero-order chi connectivity index (χ0) is 18.9. The van der Waals surface area contributed by atoms with Gasteiger partial charge in [-0.1, -0.05) is 30.3 Å². The zero-order valence-electron chi connectivity index (χ0n) is 15.8. The van der Waals surface area contributed by atoms with Crippen molar-refractivity contribution in [2.45, 2.75) is 37.5 Å². The SMILES string of the molecule is O=C(CCC1=NNC2C3CC(c4ccccc4)NN3C=CN12)N1CCOCC1. The standard InChI is InChI=1S/C20H26N6O2/c27-19(24-10-12-28-13-11-24)7-6-18-21-22-20-17-14-16(15-4-2-1-3-5-15)23-26(17)9-8-25(18)20/h1-5,8-9,16-17,20,22-23H,6-7,10-14H2. The first kappa shape index (κ1) is 17.5. The summed E-state index contributed by atoms with van der Waals surface area (Å²) in [5.41, 5.74) is 8.18. The number of carbonyl (C=O) groups excluding carboxylic acids is 1. The molecule has 4 aliphatic heterocycles. The quantitative estimate of drug-likeness (QED) is 0.809. The van der Waals surface area contributed by atoms with Crippen molar-refractivity contribution in [3.8, 4) is 0 Å². The van der Waals surface area contributed by atoms with Crippen LogP contribution in [0, 0.1) is 0 Å². The number of amides is 1. The Labute approximate surface area is 164 Å². The summed E-state index contributed by atoms with van der Waals surface area (Å²) in [6, 6.07) is 11.1. The molecule has 0 radical (unpaired) electrons. The molecule has 3 atom stereocenters. The Morgan fingerprint density at radius 1 is 1.18 bits per heavy atom. The van der Waals surface area contributed by atoms with Crippen LogP contribution >= 0.6 is 0 Å². The predicted molar refractivity (Wildman–Crippen MR) is 105 cm³/mol. The van der Waals surface area contributed by atoms with Gasteiger partial charge in [0.15, 0.2) is 0 Å². The fourth-order valence-electron chi connectivity index (χ4n) is 4.40. The fraction of sp³-hybridized carbons (Fsp3) is 0.500. The number of benzene rings is 1. The molecule has 0 saturated carbocycles. The van der Waals surface area contributed by atoms with Gasteiger partial charge in [0.05, 0.1) is 25.3 Å². The van der Waals surface area contributed by atoms with Crippen molar-refractivity contribution in [1.29, 1.82) is 0 Å². The van der Waals surface area contributed by atoms with Crippen molar-refractivity contribution in [2.24, 2.45) is 5.10 Å². The van der Waals surface area contributed by atoms with E-state index in [1.54, 1.807) is 0 Å². The first-order valence-corrected chi connectivity index (χ1v) is 10.0. The number of amidine groups is 1. The zero-order valence-corrected chi connectivity index (χ0v) is 15.8. The average Bonchev–Trinajstić information content (AvgIpc) is 3.37. The molecule has 0 aliphatic carbocycles. The van der Waals surface area contributed by atoms with Crippen LogP contribution < -0.4 is 10.9 Å². The largest absolute Gasteiger partial charge is 0.378 e. The Morgan fingerprint density at radius 3 is 2.82 bits per heavy atom. The fourth-order valence-corrected chi connectivity index (χ4v) is 4.40. The Bertz CT molecular complexity index is 776. The third-order valence-corrected chi connectivity index (χ3v) is 5.94. The van der Waals surface area contributed by atoms with Crippen LogP contribution in [0.3, 0.4) is 0 Å². The molecule has 0 aromatic heterocycles. The van der Waals surface area contributed by atoms with E-state index in [1.165, 1.54) is 5.56 Å². The molecule has 2 saturated heterocycles. The Kier molecular flexibility index (Phi) is 4.66. The van der Waals surface area contributed by atoms with Gasteiger partial charge in [-0.2, -0.15) is 5.10 Å². The molecule has 1 aromatic carbocycles. The van der Waals surface area contributed by atoms with Crippen molar-refractivity contribution in [2.75, 3.05) is 26.3 Å². The van der Waals surface area contributed by atoms with Gasteiger partial charge in [0.1, 0.15) is 12.0 Å². The van der Waals surface area contributed by atoms with Crippen molar-refractivity contribution in [3.63, 3.8) is 0 Å². The van der Waals surface area contributed by atoms with Crippen LogP contribution in [0.5, 0.6) is 0 Å². The number of fused-ring (bicyclic) bond motifs is 3. The van der Waals surface area contributed by atoms with Crippen LogP contribution in [-0.2, 0) is 9.53 Å². The van der Waals surface area contributed by atoms with Crippen LogP contribution in [0.25, 0.3) is 0 Å². The second-order valence-corrected chi connectivity index (χ2v) is 7.60. The number of hydrazone groups is 1. The number of hydrogen-bond donors (Lipinski definition) is 2. The topological polar surface area (TPSA) is 72.4 Å². The first-order valence-electron chi connectivity index (χ1n) is 10.0. The summed E-state index contributed by atoms with van der Waals surface area (Å²) in [7, 11) is 0. The summed E-state index contributed by atoms with van der Waals surface area (Å²) in [6.45, 7) is 2.66. The molecule has 0 bridgehead atoms. The van der Waals surface area contributed by atoms with Gasteiger partial charge >= 0.3 is 0 Å². The smallest absolute Gasteiger partial charge is 0.223 e. The van der Waals surface area contributed by atoms with E-state index in [4.69, 9.17) is 4.74 Å². The molecule has 3 unspecified atom stereocenters. The molecule has 2 N–H and O–H groups in total. The number of hydrogen-bond acceptors (Lipinski definition) is 7. The van der Waals surface area contributed by atoms with Gasteiger partial charge in [0.25, 0.3) is 0 Å². The molecule has 4 heterocycles. The lowest BCUT2D eigenvalue weighted by Gasteiger charge is -2.37. The monoisotopic (exact) mass is 382 g/mol. The van der Waals surface area contributed by atoms with Gasteiger partial charge in [0, 0.05) is 38.3 Å². The summed E-state index contributed by atoms with van der Waals surface area (Å²) in [5.74, 6) is 1.12. The number of carbonyl (C=O) groups is 1. The number of nitrogens with one attached hydrogen (secondary N) is 2. The van der Waals surface area contributed by atoms with Crippen molar-refractivity contribution in [3.05, 3.63) is 48.3 Å². The van der Waals surface area contributed by atoms with Gasteiger partial charge in [-0.15, -0.1) is 0 Å². The highest BCUT2D eigenvalue weighted by atomic mass is 16.5. The lowest BCUT2D eigenvalue weighted by atomic mass is 10.00. The van der Waals surface area contributed by atoms with E-state index in [0.717, 1.165) is 12.3 Å². The number of hydrazine groups is 1. The van der Waals surface area contributed by atoms with Crippen LogP contribution in [0.4, 0.5) is 0 Å². The molecule has 1 amide bonds. The maximum absolute atomic E-state index is 12.4. The summed E-state index contributed by atoms with van der Waals surface area (Å²) in [5, 5.41) is 6.73. The molecule has 1 aromatic rings. The highest BCUT2D eigenvalue weighted by Gasteiger charge is 2.44. The molecular weight excluding hydrogens is 356 g/mol. The maximum Gasteiger partial charge on any atom is 0.223 e. The van der Waals surface area contributed by atoms with Crippen molar-refractivity contribution < 1.29 is 9.53 Å². The van der Waals surface area contributed by atoms with Gasteiger partial charge in [-0.3, -0.25) is 10.2 Å². The summed E-state index contributed by atoms with van der Waals surface area (Å²) in [4.78, 5) is 16.5. The molecule has 4 aliphatic rings. The summed E-state index contributed by atoms with van der Waals surface area (Å²) >= 11 is 0. The van der Waals surface area contributed by atoms with E-state index in [0.29, 0.717) is 45.2 Å². The Hall–Kier alpha value is -2.58. The number of nitrogens with zero attached hydrogens (tertiary/aromatic N) is 4. The highest BCUT2D eigenvalue weighted by molar-refractivity contribution is 5.89. The third kappa shape index (κ3) is 3.22. The molecule has 5 rings (SSSR count). The molecule has 148 valence electrons. The van der Waals surface area contributed by atoms with E-state index < -0.39 is 0 Å². The summed E-state index contributed by atoms with van der Waals surface area (Å²) in [6.07, 6.45) is 6.36. The molecule has 8 heteroatoms. The van der Waals surface area contributed by atoms with E-state index >= 15 is 0 Å². The van der Waals surface area contributed by atoms with Crippen LogP contribution in [0.15, 0.2) is 47.8 Å². The molecular formula is C20H26N6O2. The number of morpholine rings is 1. The molecule has 28 heavy (non-hydrogen) atoms. The van der Waals surface area contributed by atoms with Crippen LogP contribution in [0.1, 0.15) is 30.9 Å². The van der Waals surface area contributed by atoms with Gasteiger partial charge in [-0.05, 0) is 12.0 Å². The van der Waals surface area contributed by atoms with Crippen LogP contribution in [0.2, 0.25) is 0 Å². The minimum atomic E-state index is 0.0969. The summed E-state index contributed by atoms with van der Waals surface area (Å²) < 4.78 is 5.32. The van der Waals surface area contributed by atoms with E-state index in [2.05, 4.69) is 62.5 Å². The lowest BCUT2D eigenvalue weighted by Crippen LogP contribution is -2.54. The Morgan fingerprint density at radius 2 is 2.00 bits per heavy atom. The van der Waals surface area contributed by atoms with Crippen molar-refractivity contribution >= 4 is 11.7 Å². The van der Waals surface area contributed by atoms with E-state index in [-0.39, 0.29) is 18.1 Å². The maximum atomic E-state index is 12.4. The molecule has 2 fully saturated rings. The minimum Gasteiger partial charge on any atom is -0.378 e. The van der Waals surface area contributed by atoms with Gasteiger partial charge in [0.2, 0.25) is 5.91 Å². The van der Waals surface area contributed by atoms with Crippen molar-refractivity contribution in [1.82, 2.24) is 25.7 Å². The average molecular weight is 382 g/mol. The normalized spacial score (nSPS) is 28.6. The molecule has 0 spiro atoms. The Balaban J connectivity index is 1.20. The minimum absolute atomic E-state index is 0.0969. The lowest BCUT2D eigenvalue weighted by molar-refractivity contribution is -0.135. The van der Waals surface area contributed by atoms with E-state index in [9.17, 15) is 4.79 Å². The van der Waals surface area contributed by atoms with Crippen LogP contribution in [-0.4, -0.2) is 65.1 Å². The number of rotatable bonds is 4. The second-order valence-electron chi connectivity index (χ2n) is 7.60. The first-order chi connectivity index (χ1) is 13.8. The second kappa shape index (κ2) is 7.44. The third-order valence-electron chi connectivity index (χ3n) is 5.94. The predicted octanol–water partition coefficient (Wildman–Crippen LogP) is 0.975. The highest BCUT2D eigenvalue weighted by Crippen LogP contribution is 2.34. The molecule has 8 nitrogen and oxygen atoms in total. The van der Waals surface area contributed by atoms with E-state index in [1.807, 2.05) is 11.0 Å².